The first-order chi connectivity index (χ1) is 15.6. The fourth-order valence-corrected chi connectivity index (χ4v) is 4.74. The van der Waals surface area contributed by atoms with Gasteiger partial charge in [-0.05, 0) is 69.0 Å². The lowest BCUT2D eigenvalue weighted by Gasteiger charge is -2.31. The van der Waals surface area contributed by atoms with Crippen LogP contribution in [0.2, 0.25) is 0 Å². The zero-order valence-electron chi connectivity index (χ0n) is 18.6. The highest BCUT2D eigenvalue weighted by Gasteiger charge is 2.24. The molecule has 1 atom stereocenters. The summed E-state index contributed by atoms with van der Waals surface area (Å²) in [6, 6.07) is 15.5. The molecule has 1 unspecified atom stereocenters. The Labute approximate surface area is 190 Å². The molecule has 170 valence electrons. The maximum Gasteiger partial charge on any atom is 0.319 e. The minimum Gasteiger partial charge on any atom is -0.370 e. The van der Waals surface area contributed by atoms with Crippen molar-refractivity contribution in [1.29, 1.82) is 0 Å². The molecule has 2 aromatic carbocycles. The number of primary amides is 1. The van der Waals surface area contributed by atoms with Crippen molar-refractivity contribution in [3.63, 3.8) is 0 Å². The van der Waals surface area contributed by atoms with Crippen LogP contribution < -0.4 is 21.3 Å². The molecule has 0 spiro atoms. The minimum atomic E-state index is -0.503. The van der Waals surface area contributed by atoms with Gasteiger partial charge in [-0.15, -0.1) is 0 Å². The molecule has 32 heavy (non-hydrogen) atoms. The summed E-state index contributed by atoms with van der Waals surface area (Å²) in [6.07, 6.45) is 5.84. The highest BCUT2D eigenvalue weighted by atomic mass is 16.2. The second-order valence-electron chi connectivity index (χ2n) is 8.65. The van der Waals surface area contributed by atoms with Crippen LogP contribution in [0.1, 0.15) is 54.1 Å². The van der Waals surface area contributed by atoms with Crippen LogP contribution in [-0.2, 0) is 0 Å². The van der Waals surface area contributed by atoms with Crippen LogP contribution in [0.15, 0.2) is 48.5 Å². The molecule has 7 nitrogen and oxygen atoms in total. The Balaban J connectivity index is 1.47. The summed E-state index contributed by atoms with van der Waals surface area (Å²) in [4.78, 5) is 29.3. The van der Waals surface area contributed by atoms with E-state index < -0.39 is 5.91 Å². The molecule has 0 aromatic heterocycles. The monoisotopic (exact) mass is 435 g/mol. The average Bonchev–Trinajstić information content (AvgIpc) is 3.35. The van der Waals surface area contributed by atoms with Gasteiger partial charge in [0.1, 0.15) is 0 Å². The first-order valence-corrected chi connectivity index (χ1v) is 11.6. The average molecular weight is 436 g/mol. The van der Waals surface area contributed by atoms with Gasteiger partial charge in [-0.25, -0.2) is 4.79 Å². The van der Waals surface area contributed by atoms with Gasteiger partial charge < -0.3 is 21.3 Å². The molecule has 4 rings (SSSR count). The van der Waals surface area contributed by atoms with Crippen LogP contribution in [0.3, 0.4) is 0 Å². The quantitative estimate of drug-likeness (QED) is 0.618. The topological polar surface area (TPSA) is 90.7 Å². The van der Waals surface area contributed by atoms with Crippen molar-refractivity contribution in [2.24, 2.45) is 5.73 Å². The van der Waals surface area contributed by atoms with E-state index in [9.17, 15) is 9.59 Å². The molecule has 4 N–H and O–H groups in total. The molecule has 2 aliphatic rings. The maximum atomic E-state index is 12.9. The first-order valence-electron chi connectivity index (χ1n) is 11.6. The van der Waals surface area contributed by atoms with Crippen molar-refractivity contribution in [3.8, 4) is 0 Å². The Hall–Kier alpha value is -3.06. The van der Waals surface area contributed by atoms with E-state index in [0.717, 1.165) is 44.7 Å². The van der Waals surface area contributed by atoms with E-state index in [1.807, 2.05) is 24.3 Å². The Morgan fingerprint density at radius 3 is 2.28 bits per heavy atom. The van der Waals surface area contributed by atoms with E-state index in [1.165, 1.54) is 24.8 Å². The molecule has 0 radical (unpaired) electrons. The van der Waals surface area contributed by atoms with Gasteiger partial charge >= 0.3 is 6.03 Å². The second-order valence-corrected chi connectivity index (χ2v) is 8.65. The SMILES string of the molecule is NC(=O)c1ccc(N2CCCCC2)c(NC(=O)NCC(c2ccccc2)N2CCCC2)c1. The molecule has 2 aliphatic heterocycles. The van der Waals surface area contributed by atoms with Gasteiger partial charge in [0.05, 0.1) is 17.4 Å². The molecule has 3 amide bonds. The number of nitrogens with zero attached hydrogens (tertiary/aromatic N) is 2. The molecule has 0 bridgehead atoms. The number of nitrogens with two attached hydrogens (primary N) is 1. The Morgan fingerprint density at radius 1 is 0.906 bits per heavy atom. The van der Waals surface area contributed by atoms with Crippen molar-refractivity contribution in [3.05, 3.63) is 59.7 Å². The summed E-state index contributed by atoms with van der Waals surface area (Å²) in [5, 5.41) is 6.04. The zero-order chi connectivity index (χ0) is 22.3. The summed E-state index contributed by atoms with van der Waals surface area (Å²) < 4.78 is 0. The lowest BCUT2D eigenvalue weighted by atomic mass is 10.1. The molecule has 2 fully saturated rings. The predicted molar refractivity (Wildman–Crippen MR) is 128 cm³/mol. The number of piperidine rings is 1. The standard InChI is InChI=1S/C25H33N5O2/c26-24(31)20-11-12-22(29-13-5-2-6-14-29)21(17-20)28-25(32)27-18-23(30-15-7-8-16-30)19-9-3-1-4-10-19/h1,3-4,9-12,17,23H,2,5-8,13-16,18H2,(H2,26,31)(H2,27,28,32). The molecular formula is C25H33N5O2. The number of nitrogens with one attached hydrogen (secondary N) is 2. The minimum absolute atomic E-state index is 0.142. The molecule has 2 aromatic rings. The van der Waals surface area contributed by atoms with Gasteiger partial charge in [0.25, 0.3) is 0 Å². The van der Waals surface area contributed by atoms with Crippen molar-refractivity contribution < 1.29 is 9.59 Å². The molecule has 2 heterocycles. The second kappa shape index (κ2) is 10.5. The third-order valence-corrected chi connectivity index (χ3v) is 6.45. The van der Waals surface area contributed by atoms with E-state index in [2.05, 4.69) is 32.6 Å². The number of carbonyl (C=O) groups is 2. The van der Waals surface area contributed by atoms with Gasteiger partial charge in [0, 0.05) is 25.2 Å². The number of amides is 3. The smallest absolute Gasteiger partial charge is 0.319 e. The van der Waals surface area contributed by atoms with Crippen molar-refractivity contribution in [2.75, 3.05) is 42.9 Å². The fraction of sp³-hybridized carbons (Fsp3) is 0.440. The molecule has 7 heteroatoms. The lowest BCUT2D eigenvalue weighted by Crippen LogP contribution is -2.39. The summed E-state index contributed by atoms with van der Waals surface area (Å²) >= 11 is 0. The van der Waals surface area contributed by atoms with E-state index >= 15 is 0 Å². The Morgan fingerprint density at radius 2 is 1.59 bits per heavy atom. The van der Waals surface area contributed by atoms with Crippen LogP contribution in [0, 0.1) is 0 Å². The van der Waals surface area contributed by atoms with Gasteiger partial charge in [0.15, 0.2) is 0 Å². The van der Waals surface area contributed by atoms with Crippen LogP contribution in [0.25, 0.3) is 0 Å². The largest absolute Gasteiger partial charge is 0.370 e. The van der Waals surface area contributed by atoms with Gasteiger partial charge in [-0.2, -0.15) is 0 Å². The van der Waals surface area contributed by atoms with Crippen LogP contribution >= 0.6 is 0 Å². The fourth-order valence-electron chi connectivity index (χ4n) is 4.74. The third kappa shape index (κ3) is 5.40. The number of benzene rings is 2. The number of rotatable bonds is 7. The van der Waals surface area contributed by atoms with E-state index in [-0.39, 0.29) is 12.1 Å². The molecule has 2 saturated heterocycles. The van der Waals surface area contributed by atoms with Crippen molar-refractivity contribution in [1.82, 2.24) is 10.2 Å². The number of carbonyl (C=O) groups excluding carboxylic acids is 2. The van der Waals surface area contributed by atoms with Crippen LogP contribution in [0.5, 0.6) is 0 Å². The first kappa shape index (κ1) is 22.1. The van der Waals surface area contributed by atoms with Crippen molar-refractivity contribution >= 4 is 23.3 Å². The lowest BCUT2D eigenvalue weighted by molar-refractivity contribution is 0.100. The Bertz CT molecular complexity index is 921. The number of urea groups is 1. The van der Waals surface area contributed by atoms with Crippen molar-refractivity contribution in [2.45, 2.75) is 38.1 Å². The third-order valence-electron chi connectivity index (χ3n) is 6.45. The molecule has 0 aliphatic carbocycles. The zero-order valence-corrected chi connectivity index (χ0v) is 18.6. The van der Waals surface area contributed by atoms with Crippen LogP contribution in [-0.4, -0.2) is 49.6 Å². The van der Waals surface area contributed by atoms with Crippen LogP contribution in [0.4, 0.5) is 16.2 Å². The van der Waals surface area contributed by atoms with Gasteiger partial charge in [-0.1, -0.05) is 30.3 Å². The number of hydrogen-bond acceptors (Lipinski definition) is 4. The Kier molecular flexibility index (Phi) is 7.27. The highest BCUT2D eigenvalue weighted by molar-refractivity contribution is 5.98. The van der Waals surface area contributed by atoms with E-state index in [1.54, 1.807) is 12.1 Å². The van der Waals surface area contributed by atoms with Gasteiger partial charge in [0.2, 0.25) is 5.91 Å². The maximum absolute atomic E-state index is 12.9. The number of likely N-dealkylation sites (tertiary alicyclic amines) is 1. The van der Waals surface area contributed by atoms with Gasteiger partial charge in [-0.3, -0.25) is 9.69 Å². The van der Waals surface area contributed by atoms with E-state index in [4.69, 9.17) is 5.73 Å². The normalized spacial score (nSPS) is 17.7. The van der Waals surface area contributed by atoms with E-state index in [0.29, 0.717) is 17.8 Å². The predicted octanol–water partition coefficient (Wildman–Crippen LogP) is 3.73. The molecule has 0 saturated carbocycles. The summed E-state index contributed by atoms with van der Waals surface area (Å²) in [5.74, 6) is -0.503. The summed E-state index contributed by atoms with van der Waals surface area (Å²) in [7, 11) is 0. The summed E-state index contributed by atoms with van der Waals surface area (Å²) in [5.41, 5.74) is 8.64. The summed E-state index contributed by atoms with van der Waals surface area (Å²) in [6.45, 7) is 4.49. The number of hydrogen-bond donors (Lipinski definition) is 3. The highest BCUT2D eigenvalue weighted by Crippen LogP contribution is 2.30. The molecular weight excluding hydrogens is 402 g/mol. The number of anilines is 2.